The molecule has 7 atom stereocenters. The maximum Gasteiger partial charge on any atom is 0.338 e. The van der Waals surface area contributed by atoms with Crippen molar-refractivity contribution in [3.05, 3.63) is 83.9 Å². The minimum atomic E-state index is -1.76. The van der Waals surface area contributed by atoms with Gasteiger partial charge in [-0.25, -0.2) is 19.2 Å². The zero-order valence-corrected chi connectivity index (χ0v) is 50.9. The Hall–Kier alpha value is -4.67. The molecule has 3 rings (SSSR count). The van der Waals surface area contributed by atoms with Crippen LogP contribution in [0, 0.1) is 0 Å². The van der Waals surface area contributed by atoms with Gasteiger partial charge >= 0.3 is 23.9 Å². The van der Waals surface area contributed by atoms with E-state index in [4.69, 9.17) is 37.9 Å². The molecule has 2 N–H and O–H groups in total. The third-order valence-electron chi connectivity index (χ3n) is 13.8. The van der Waals surface area contributed by atoms with Crippen LogP contribution in [0.2, 0.25) is 0 Å². The van der Waals surface area contributed by atoms with E-state index in [0.29, 0.717) is 18.4 Å². The molecule has 458 valence electrons. The smallest absolute Gasteiger partial charge is 0.338 e. The second-order valence-electron chi connectivity index (χ2n) is 23.7. The number of nitrogens with one attached hydrogen (secondary N) is 1. The second kappa shape index (κ2) is 41.3. The van der Waals surface area contributed by atoms with Gasteiger partial charge < -0.3 is 48.3 Å². The van der Waals surface area contributed by atoms with Crippen LogP contribution in [-0.2, 0) is 52.3 Å². The number of hydrogen-bond acceptors (Lipinski definition) is 14. The van der Waals surface area contributed by atoms with Gasteiger partial charge in [-0.2, -0.15) is 0 Å². The summed E-state index contributed by atoms with van der Waals surface area (Å²) in [5.74, 6) is -3.08. The normalized spacial score (nSPS) is 18.3. The maximum absolute atomic E-state index is 14.0. The monoisotopic (exact) mass is 1140 g/mol. The summed E-state index contributed by atoms with van der Waals surface area (Å²) in [6.45, 7) is 12.9. The van der Waals surface area contributed by atoms with Gasteiger partial charge in [-0.05, 0) is 91.1 Å². The first kappa shape index (κ1) is 70.6. The van der Waals surface area contributed by atoms with Gasteiger partial charge in [0.1, 0.15) is 48.8 Å². The van der Waals surface area contributed by atoms with Gasteiger partial charge in [0.15, 0.2) is 12.4 Å². The predicted octanol–water partition coefficient (Wildman–Crippen LogP) is 13.8. The largest absolute Gasteiger partial charge is 0.458 e. The first-order chi connectivity index (χ1) is 38.9. The van der Waals surface area contributed by atoms with Crippen LogP contribution in [0.3, 0.4) is 0 Å². The number of ether oxygens (including phenoxy) is 8. The Morgan fingerprint density at radius 1 is 0.580 bits per heavy atom. The molecular weight excluding hydrogens is 1030 g/mol. The first-order valence-electron chi connectivity index (χ1n) is 31.0. The highest BCUT2D eigenvalue weighted by Gasteiger charge is 2.50. The molecule has 2 aromatic rings. The molecule has 15 nitrogen and oxygen atoms in total. The summed E-state index contributed by atoms with van der Waals surface area (Å²) >= 11 is 0. The highest BCUT2D eigenvalue weighted by atomic mass is 16.7. The van der Waals surface area contributed by atoms with E-state index in [1.54, 1.807) is 108 Å². The van der Waals surface area contributed by atoms with E-state index in [-0.39, 0.29) is 31.1 Å². The van der Waals surface area contributed by atoms with Crippen molar-refractivity contribution in [2.45, 2.75) is 276 Å². The zero-order chi connectivity index (χ0) is 59.1. The van der Waals surface area contributed by atoms with Gasteiger partial charge in [0, 0.05) is 6.42 Å². The van der Waals surface area contributed by atoms with Crippen molar-refractivity contribution in [2.75, 3.05) is 26.4 Å². The Labute approximate surface area is 487 Å². The summed E-state index contributed by atoms with van der Waals surface area (Å²) in [6, 6.07) is 15.8. The molecule has 0 aromatic heterocycles. The van der Waals surface area contributed by atoms with E-state index in [9.17, 15) is 29.1 Å². The van der Waals surface area contributed by atoms with Crippen molar-refractivity contribution in [2.24, 2.45) is 0 Å². The van der Waals surface area contributed by atoms with Gasteiger partial charge in [0.05, 0.1) is 30.4 Å². The standard InChI is InChI=1S/C66H105NO14/c1-9-11-13-15-17-19-21-23-25-27-29-31-39-45-54(77-62(72)51-41-35-33-36-42-51)53(67-56(68)46-40-32-30-28-26-24-22-20-18-16-14-12-10-2)47-76-64-59(71)61(79-63(73)52-43-37-34-38-44-52)60(75-50-58(70)81-66(6,7)8)55(78-64)48-74-49-57(69)80-65(3,4)5/h33-39,41-45,53-55,59-61,64,71H,9-32,40,46-50H2,1-8H3,(H,67,68)/b45-39+/t53-,54+,55+,59+,60-,61+,64-/m0/s1. The number of unbranched alkanes of at least 4 members (excludes halogenated alkanes) is 23. The Balaban J connectivity index is 1.91. The van der Waals surface area contributed by atoms with Crippen LogP contribution in [0.25, 0.3) is 0 Å². The predicted molar refractivity (Wildman–Crippen MR) is 317 cm³/mol. The minimum absolute atomic E-state index is 0.173. The molecule has 0 aliphatic carbocycles. The van der Waals surface area contributed by atoms with Gasteiger partial charge in [-0.3, -0.25) is 4.79 Å². The Bertz CT molecular complexity index is 2030. The highest BCUT2D eigenvalue weighted by Crippen LogP contribution is 2.29. The number of benzene rings is 2. The van der Waals surface area contributed by atoms with Crippen molar-refractivity contribution >= 4 is 29.8 Å². The van der Waals surface area contributed by atoms with Crippen LogP contribution in [0.15, 0.2) is 72.8 Å². The van der Waals surface area contributed by atoms with Crippen LogP contribution >= 0.6 is 0 Å². The number of aliphatic hydroxyl groups is 1. The molecule has 1 aliphatic heterocycles. The number of esters is 4. The highest BCUT2D eigenvalue weighted by molar-refractivity contribution is 5.90. The number of carbonyl (C=O) groups is 5. The maximum atomic E-state index is 14.0. The van der Waals surface area contributed by atoms with Crippen molar-refractivity contribution in [1.29, 1.82) is 0 Å². The third kappa shape index (κ3) is 32.7. The SMILES string of the molecule is CCCCCCCCCCCCC/C=C/[C@@H](OC(=O)c1ccccc1)[C@H](CO[C@H]1O[C@H](COCC(=O)OC(C)(C)C)[C@H](OCC(=O)OC(C)(C)C)[C@H](OC(=O)c2ccccc2)[C@H]1O)NC(=O)CCCCCCCCCCCCCCC. The molecule has 1 heterocycles. The average molecular weight is 1140 g/mol. The molecule has 0 unspecified atom stereocenters. The van der Waals surface area contributed by atoms with Crippen LogP contribution in [0.4, 0.5) is 0 Å². The van der Waals surface area contributed by atoms with E-state index >= 15 is 0 Å². The third-order valence-corrected chi connectivity index (χ3v) is 13.8. The molecule has 1 saturated heterocycles. The van der Waals surface area contributed by atoms with E-state index < -0.39 is 91.1 Å². The molecule has 0 bridgehead atoms. The van der Waals surface area contributed by atoms with Crippen LogP contribution in [-0.4, -0.2) is 115 Å². The lowest BCUT2D eigenvalue weighted by molar-refractivity contribution is -0.309. The van der Waals surface area contributed by atoms with Gasteiger partial charge in [0.2, 0.25) is 5.91 Å². The number of rotatable bonds is 43. The summed E-state index contributed by atoms with van der Waals surface area (Å²) in [7, 11) is 0. The molecule has 81 heavy (non-hydrogen) atoms. The fraction of sp³-hybridized carbons (Fsp3) is 0.712. The summed E-state index contributed by atoms with van der Waals surface area (Å²) < 4.78 is 48.0. The van der Waals surface area contributed by atoms with Crippen molar-refractivity contribution in [1.82, 2.24) is 5.32 Å². The van der Waals surface area contributed by atoms with Gasteiger partial charge in [-0.15, -0.1) is 0 Å². The molecule has 0 saturated carbocycles. The molecule has 15 heteroatoms. The lowest BCUT2D eigenvalue weighted by atomic mass is 9.98. The molecule has 1 aliphatic rings. The van der Waals surface area contributed by atoms with E-state index in [0.717, 1.165) is 38.5 Å². The summed E-state index contributed by atoms with van der Waals surface area (Å²) in [5.41, 5.74) is -1.16. The number of allylic oxidation sites excluding steroid dienone is 1. The van der Waals surface area contributed by atoms with Crippen molar-refractivity contribution < 1.29 is 67.0 Å². The molecule has 0 radical (unpaired) electrons. The van der Waals surface area contributed by atoms with Crippen molar-refractivity contribution in [3.8, 4) is 0 Å². The van der Waals surface area contributed by atoms with Crippen LogP contribution in [0.1, 0.15) is 243 Å². The Morgan fingerprint density at radius 3 is 1.53 bits per heavy atom. The van der Waals surface area contributed by atoms with Gasteiger partial charge in [-0.1, -0.05) is 198 Å². The van der Waals surface area contributed by atoms with E-state index in [1.165, 1.54) is 109 Å². The zero-order valence-electron chi connectivity index (χ0n) is 50.9. The lowest BCUT2D eigenvalue weighted by Gasteiger charge is -2.44. The lowest BCUT2D eigenvalue weighted by Crippen LogP contribution is -2.62. The molecule has 1 amide bonds. The topological polar surface area (TPSA) is 191 Å². The van der Waals surface area contributed by atoms with Crippen LogP contribution < -0.4 is 5.32 Å². The van der Waals surface area contributed by atoms with Crippen molar-refractivity contribution in [3.63, 3.8) is 0 Å². The summed E-state index contributed by atoms with van der Waals surface area (Å²) in [6.07, 6.45) is 24.6. The Morgan fingerprint density at radius 2 is 1.04 bits per heavy atom. The molecule has 0 spiro atoms. The number of aliphatic hydroxyl groups excluding tert-OH is 1. The number of carbonyl (C=O) groups excluding carboxylic acids is 5. The van der Waals surface area contributed by atoms with Crippen LogP contribution in [0.5, 0.6) is 0 Å². The second-order valence-corrected chi connectivity index (χ2v) is 23.7. The minimum Gasteiger partial charge on any atom is -0.458 e. The number of hydrogen-bond donors (Lipinski definition) is 2. The van der Waals surface area contributed by atoms with E-state index in [2.05, 4.69) is 19.2 Å². The Kier molecular flexibility index (Phi) is 36.0. The molecular formula is C66H105NO14. The summed E-state index contributed by atoms with van der Waals surface area (Å²) in [5, 5.41) is 15.3. The fourth-order valence-electron chi connectivity index (χ4n) is 9.61. The van der Waals surface area contributed by atoms with Gasteiger partial charge in [0.25, 0.3) is 0 Å². The van der Waals surface area contributed by atoms with E-state index in [1.807, 2.05) is 6.08 Å². The summed E-state index contributed by atoms with van der Waals surface area (Å²) in [4.78, 5) is 67.6. The average Bonchev–Trinajstić information content (AvgIpc) is 3.49. The fourth-order valence-corrected chi connectivity index (χ4v) is 9.61. The molecule has 2 aromatic carbocycles. The number of amides is 1. The molecule has 1 fully saturated rings. The first-order valence-corrected chi connectivity index (χ1v) is 31.0. The quantitative estimate of drug-likeness (QED) is 0.0276.